The molecule has 0 unspecified atom stereocenters. The van der Waals surface area contributed by atoms with E-state index in [1.807, 2.05) is 29.6 Å². The maximum Gasteiger partial charge on any atom is 0.344 e. The summed E-state index contributed by atoms with van der Waals surface area (Å²) in [6, 6.07) is 9.28. The maximum absolute atomic E-state index is 12.3. The van der Waals surface area contributed by atoms with Crippen LogP contribution in [0.3, 0.4) is 0 Å². The van der Waals surface area contributed by atoms with Crippen LogP contribution in [-0.2, 0) is 30.6 Å². The van der Waals surface area contributed by atoms with Crippen LogP contribution >= 0.6 is 22.9 Å². The Bertz CT molecular complexity index is 1040. The van der Waals surface area contributed by atoms with Gasteiger partial charge in [0.1, 0.15) is 12.2 Å². The zero-order chi connectivity index (χ0) is 18.8. The first-order chi connectivity index (χ1) is 13.1. The zero-order valence-electron chi connectivity index (χ0n) is 14.5. The van der Waals surface area contributed by atoms with Gasteiger partial charge >= 0.3 is 5.97 Å². The van der Waals surface area contributed by atoms with Crippen molar-refractivity contribution in [2.45, 2.75) is 32.3 Å². The monoisotopic (exact) mass is 400 g/mol. The van der Waals surface area contributed by atoms with E-state index in [9.17, 15) is 9.59 Å². The van der Waals surface area contributed by atoms with Crippen molar-refractivity contribution >= 4 is 28.9 Å². The number of aromatic nitrogens is 2. The molecule has 2 aromatic heterocycles. The number of ether oxygens (including phenoxy) is 1. The summed E-state index contributed by atoms with van der Waals surface area (Å²) < 4.78 is 5.30. The predicted octanol–water partition coefficient (Wildman–Crippen LogP) is 3.92. The minimum Gasteiger partial charge on any atom is -0.455 e. The number of esters is 1. The Morgan fingerprint density at radius 3 is 2.89 bits per heavy atom. The molecule has 1 aliphatic rings. The van der Waals surface area contributed by atoms with Gasteiger partial charge in [-0.05, 0) is 48.6 Å². The SMILES string of the molecule is O=C(OCc1csc(Cc2ccc(Cl)cc2)n1)c1cc2c([nH]c1=O)CCC2. The van der Waals surface area contributed by atoms with E-state index in [2.05, 4.69) is 9.97 Å². The number of carbonyl (C=O) groups is 1. The Balaban J connectivity index is 1.39. The molecular formula is C20H17ClN2O3S. The van der Waals surface area contributed by atoms with Crippen molar-refractivity contribution < 1.29 is 9.53 Å². The molecule has 0 saturated carbocycles. The smallest absolute Gasteiger partial charge is 0.344 e. The van der Waals surface area contributed by atoms with Crippen LogP contribution in [-0.4, -0.2) is 15.9 Å². The van der Waals surface area contributed by atoms with E-state index >= 15 is 0 Å². The molecule has 3 aromatic rings. The maximum atomic E-state index is 12.3. The summed E-state index contributed by atoms with van der Waals surface area (Å²) in [5.41, 5.74) is 3.43. The summed E-state index contributed by atoms with van der Waals surface area (Å²) in [5, 5.41) is 3.50. The number of fused-ring (bicyclic) bond motifs is 1. The normalized spacial score (nSPS) is 12.8. The van der Waals surface area contributed by atoms with Crippen molar-refractivity contribution in [3.05, 3.63) is 84.2 Å². The van der Waals surface area contributed by atoms with Crippen molar-refractivity contribution in [2.24, 2.45) is 0 Å². The summed E-state index contributed by atoms with van der Waals surface area (Å²) >= 11 is 7.41. The summed E-state index contributed by atoms with van der Waals surface area (Å²) in [5.74, 6) is -0.613. The fourth-order valence-electron chi connectivity index (χ4n) is 3.16. The highest BCUT2D eigenvalue weighted by Crippen LogP contribution is 2.20. The number of hydrogen-bond acceptors (Lipinski definition) is 5. The molecule has 0 spiro atoms. The number of aromatic amines is 1. The Kier molecular flexibility index (Phi) is 5.09. The number of pyridine rings is 1. The van der Waals surface area contributed by atoms with Crippen molar-refractivity contribution in [3.63, 3.8) is 0 Å². The Hall–Kier alpha value is -2.44. The Morgan fingerprint density at radius 2 is 2.07 bits per heavy atom. The molecule has 0 bridgehead atoms. The van der Waals surface area contributed by atoms with Gasteiger partial charge in [0.05, 0.1) is 10.7 Å². The van der Waals surface area contributed by atoms with Crippen LogP contribution in [0, 0.1) is 0 Å². The van der Waals surface area contributed by atoms with Gasteiger partial charge in [-0.15, -0.1) is 11.3 Å². The molecule has 2 heterocycles. The lowest BCUT2D eigenvalue weighted by Crippen LogP contribution is -2.21. The molecule has 0 amide bonds. The average molecular weight is 401 g/mol. The largest absolute Gasteiger partial charge is 0.455 e. The zero-order valence-corrected chi connectivity index (χ0v) is 16.0. The number of rotatable bonds is 5. The number of benzene rings is 1. The molecule has 4 rings (SSSR count). The van der Waals surface area contributed by atoms with Gasteiger partial charge in [0.15, 0.2) is 0 Å². The standard InChI is InChI=1S/C20H17ClN2O3S/c21-14-6-4-12(5-7-14)8-18-22-15(11-27-18)10-26-20(25)16-9-13-2-1-3-17(13)23-19(16)24/h4-7,9,11H,1-3,8,10H2,(H,23,24). The third kappa shape index (κ3) is 4.12. The second-order valence-electron chi connectivity index (χ2n) is 6.48. The second kappa shape index (κ2) is 7.66. The fourth-order valence-corrected chi connectivity index (χ4v) is 4.09. The third-order valence-corrected chi connectivity index (χ3v) is 5.68. The van der Waals surface area contributed by atoms with Crippen LogP contribution in [0.25, 0.3) is 0 Å². The Morgan fingerprint density at radius 1 is 1.26 bits per heavy atom. The van der Waals surface area contributed by atoms with E-state index in [1.165, 1.54) is 11.3 Å². The van der Waals surface area contributed by atoms with E-state index in [1.54, 1.807) is 6.07 Å². The van der Waals surface area contributed by atoms with Gasteiger partial charge in [0.25, 0.3) is 5.56 Å². The molecular weight excluding hydrogens is 384 g/mol. The molecule has 0 fully saturated rings. The minimum absolute atomic E-state index is 0.0481. The first kappa shape index (κ1) is 17.9. The van der Waals surface area contributed by atoms with Gasteiger partial charge in [-0.1, -0.05) is 23.7 Å². The molecule has 0 atom stereocenters. The molecule has 1 aromatic carbocycles. The van der Waals surface area contributed by atoms with Crippen molar-refractivity contribution in [1.82, 2.24) is 9.97 Å². The van der Waals surface area contributed by atoms with Gasteiger partial charge in [0.2, 0.25) is 0 Å². The van der Waals surface area contributed by atoms with Gasteiger partial charge < -0.3 is 9.72 Å². The molecule has 0 radical (unpaired) electrons. The Labute approximate surface area is 165 Å². The van der Waals surface area contributed by atoms with E-state index in [-0.39, 0.29) is 17.7 Å². The first-order valence-corrected chi connectivity index (χ1v) is 9.94. The van der Waals surface area contributed by atoms with Gasteiger partial charge in [0, 0.05) is 22.5 Å². The van der Waals surface area contributed by atoms with Crippen LogP contribution < -0.4 is 5.56 Å². The molecule has 5 nitrogen and oxygen atoms in total. The molecule has 1 aliphatic carbocycles. The summed E-state index contributed by atoms with van der Waals surface area (Å²) in [6.07, 6.45) is 3.43. The highest BCUT2D eigenvalue weighted by molar-refractivity contribution is 7.09. The predicted molar refractivity (Wildman–Crippen MR) is 105 cm³/mol. The molecule has 1 N–H and O–H groups in total. The van der Waals surface area contributed by atoms with Crippen molar-refractivity contribution in [2.75, 3.05) is 0 Å². The molecule has 0 aliphatic heterocycles. The summed E-state index contributed by atoms with van der Waals surface area (Å²) in [6.45, 7) is 0.0481. The highest BCUT2D eigenvalue weighted by Gasteiger charge is 2.19. The number of carbonyl (C=O) groups excluding carboxylic acids is 1. The topological polar surface area (TPSA) is 72.0 Å². The van der Waals surface area contributed by atoms with E-state index in [0.717, 1.165) is 41.1 Å². The quantitative estimate of drug-likeness (QED) is 0.659. The first-order valence-electron chi connectivity index (χ1n) is 8.68. The summed E-state index contributed by atoms with van der Waals surface area (Å²) in [7, 11) is 0. The lowest BCUT2D eigenvalue weighted by molar-refractivity contribution is 0.0466. The number of nitrogens with one attached hydrogen (secondary N) is 1. The molecule has 7 heteroatoms. The van der Waals surface area contributed by atoms with E-state index in [4.69, 9.17) is 16.3 Å². The number of aryl methyl sites for hydroxylation is 2. The van der Waals surface area contributed by atoms with E-state index < -0.39 is 5.97 Å². The minimum atomic E-state index is -0.613. The van der Waals surface area contributed by atoms with Crippen molar-refractivity contribution in [1.29, 1.82) is 0 Å². The lowest BCUT2D eigenvalue weighted by atomic mass is 10.1. The van der Waals surface area contributed by atoms with Crippen molar-refractivity contribution in [3.8, 4) is 0 Å². The van der Waals surface area contributed by atoms with Crippen LogP contribution in [0.1, 0.15) is 44.3 Å². The second-order valence-corrected chi connectivity index (χ2v) is 7.86. The molecule has 27 heavy (non-hydrogen) atoms. The highest BCUT2D eigenvalue weighted by atomic mass is 35.5. The number of hydrogen-bond donors (Lipinski definition) is 1. The lowest BCUT2D eigenvalue weighted by Gasteiger charge is -2.05. The van der Waals surface area contributed by atoms with Gasteiger partial charge in [-0.25, -0.2) is 9.78 Å². The number of halogens is 1. The van der Waals surface area contributed by atoms with Gasteiger partial charge in [-0.2, -0.15) is 0 Å². The number of thiazole rings is 1. The number of H-pyrrole nitrogens is 1. The summed E-state index contributed by atoms with van der Waals surface area (Å²) in [4.78, 5) is 31.7. The fraction of sp³-hybridized carbons (Fsp3) is 0.250. The van der Waals surface area contributed by atoms with Crippen LogP contribution in [0.15, 0.2) is 40.5 Å². The average Bonchev–Trinajstić information content (AvgIpc) is 3.29. The van der Waals surface area contributed by atoms with Crippen LogP contribution in [0.4, 0.5) is 0 Å². The van der Waals surface area contributed by atoms with Crippen LogP contribution in [0.2, 0.25) is 5.02 Å². The number of nitrogens with zero attached hydrogens (tertiary/aromatic N) is 1. The molecule has 0 saturated heterocycles. The molecule has 138 valence electrons. The third-order valence-electron chi connectivity index (χ3n) is 4.53. The van der Waals surface area contributed by atoms with Gasteiger partial charge in [-0.3, -0.25) is 4.79 Å². The van der Waals surface area contributed by atoms with E-state index in [0.29, 0.717) is 17.1 Å². The van der Waals surface area contributed by atoms with Crippen LogP contribution in [0.5, 0.6) is 0 Å².